The third-order valence-electron chi connectivity index (χ3n) is 2.51. The predicted molar refractivity (Wildman–Crippen MR) is 49.7 cm³/mol. The Morgan fingerprint density at radius 1 is 1.62 bits per heavy atom. The van der Waals surface area contributed by atoms with Crippen LogP contribution in [-0.2, 0) is 0 Å². The first-order valence-corrected chi connectivity index (χ1v) is 4.52. The van der Waals surface area contributed by atoms with Crippen molar-refractivity contribution in [1.29, 1.82) is 5.26 Å². The van der Waals surface area contributed by atoms with E-state index in [1.807, 2.05) is 12.1 Å². The summed E-state index contributed by atoms with van der Waals surface area (Å²) in [5.41, 5.74) is 1.92. The number of fused-ring (bicyclic) bond motifs is 1. The Morgan fingerprint density at radius 3 is 3.15 bits per heavy atom. The van der Waals surface area contributed by atoms with Crippen molar-refractivity contribution in [3.63, 3.8) is 0 Å². The highest BCUT2D eigenvalue weighted by molar-refractivity contribution is 5.46. The highest BCUT2D eigenvalue weighted by Gasteiger charge is 2.22. The third kappa shape index (κ3) is 1.27. The zero-order valence-electron chi connectivity index (χ0n) is 7.58. The number of hydrogen-bond acceptors (Lipinski definition) is 2. The van der Waals surface area contributed by atoms with E-state index in [1.165, 1.54) is 5.56 Å². The standard InChI is InChI=1S/C11H11NO/c1-2-9-7-13-11-4-3-8(6-12)5-10(9)11/h3-5,9H,2,7H2,1H3. The van der Waals surface area contributed by atoms with Crippen LogP contribution in [0.4, 0.5) is 0 Å². The van der Waals surface area contributed by atoms with Crippen LogP contribution in [0.3, 0.4) is 0 Å². The Kier molecular flexibility index (Phi) is 1.94. The molecule has 0 amide bonds. The average Bonchev–Trinajstić information content (AvgIpc) is 2.59. The summed E-state index contributed by atoms with van der Waals surface area (Å²) in [4.78, 5) is 0. The number of hydrogen-bond donors (Lipinski definition) is 0. The average molecular weight is 173 g/mol. The van der Waals surface area contributed by atoms with Crippen LogP contribution in [0.15, 0.2) is 18.2 Å². The maximum absolute atomic E-state index is 8.74. The van der Waals surface area contributed by atoms with Gasteiger partial charge < -0.3 is 4.74 Å². The first-order chi connectivity index (χ1) is 6.35. The van der Waals surface area contributed by atoms with Crippen LogP contribution in [0.1, 0.15) is 30.4 Å². The molecule has 0 aliphatic carbocycles. The van der Waals surface area contributed by atoms with Crippen LogP contribution in [0.25, 0.3) is 0 Å². The SMILES string of the molecule is CCC1COc2ccc(C#N)cc21. The van der Waals surface area contributed by atoms with Crippen LogP contribution in [0.2, 0.25) is 0 Å². The topological polar surface area (TPSA) is 33.0 Å². The van der Waals surface area contributed by atoms with Gasteiger partial charge in [0.25, 0.3) is 0 Å². The number of benzene rings is 1. The Morgan fingerprint density at radius 2 is 2.46 bits per heavy atom. The zero-order valence-corrected chi connectivity index (χ0v) is 7.58. The fourth-order valence-corrected chi connectivity index (χ4v) is 1.69. The molecule has 1 unspecified atom stereocenters. The number of ether oxygens (including phenoxy) is 1. The van der Waals surface area contributed by atoms with Gasteiger partial charge in [0.1, 0.15) is 5.75 Å². The van der Waals surface area contributed by atoms with Gasteiger partial charge in [-0.05, 0) is 24.6 Å². The molecule has 0 fully saturated rings. The van der Waals surface area contributed by atoms with Crippen molar-refractivity contribution in [1.82, 2.24) is 0 Å². The number of nitriles is 1. The second kappa shape index (κ2) is 3.10. The molecular formula is C11H11NO. The molecule has 0 bridgehead atoms. The maximum Gasteiger partial charge on any atom is 0.123 e. The van der Waals surface area contributed by atoms with Crippen molar-refractivity contribution >= 4 is 0 Å². The van der Waals surface area contributed by atoms with Crippen molar-refractivity contribution in [2.75, 3.05) is 6.61 Å². The van der Waals surface area contributed by atoms with Gasteiger partial charge in [-0.25, -0.2) is 0 Å². The summed E-state index contributed by atoms with van der Waals surface area (Å²) in [6.07, 6.45) is 1.07. The first kappa shape index (κ1) is 8.12. The van der Waals surface area contributed by atoms with Gasteiger partial charge in [0.05, 0.1) is 18.2 Å². The van der Waals surface area contributed by atoms with Gasteiger partial charge >= 0.3 is 0 Å². The quantitative estimate of drug-likeness (QED) is 0.653. The monoisotopic (exact) mass is 173 g/mol. The molecule has 13 heavy (non-hydrogen) atoms. The summed E-state index contributed by atoms with van der Waals surface area (Å²) in [5, 5.41) is 8.74. The summed E-state index contributed by atoms with van der Waals surface area (Å²) < 4.78 is 5.49. The van der Waals surface area contributed by atoms with E-state index in [2.05, 4.69) is 13.0 Å². The molecule has 0 aromatic heterocycles. The van der Waals surface area contributed by atoms with Gasteiger partial charge in [0, 0.05) is 11.5 Å². The highest BCUT2D eigenvalue weighted by atomic mass is 16.5. The smallest absolute Gasteiger partial charge is 0.123 e. The van der Waals surface area contributed by atoms with Crippen LogP contribution >= 0.6 is 0 Å². The lowest BCUT2D eigenvalue weighted by atomic mass is 9.97. The van der Waals surface area contributed by atoms with Gasteiger partial charge in [0.15, 0.2) is 0 Å². The van der Waals surface area contributed by atoms with Crippen LogP contribution in [-0.4, -0.2) is 6.61 Å². The largest absolute Gasteiger partial charge is 0.493 e. The molecule has 2 nitrogen and oxygen atoms in total. The van der Waals surface area contributed by atoms with Crippen LogP contribution in [0.5, 0.6) is 5.75 Å². The predicted octanol–water partition coefficient (Wildman–Crippen LogP) is 2.44. The minimum Gasteiger partial charge on any atom is -0.493 e. The summed E-state index contributed by atoms with van der Waals surface area (Å²) in [6.45, 7) is 2.91. The summed E-state index contributed by atoms with van der Waals surface area (Å²) in [6, 6.07) is 7.78. The van der Waals surface area contributed by atoms with E-state index in [0.717, 1.165) is 24.3 Å². The molecule has 66 valence electrons. The zero-order chi connectivity index (χ0) is 9.26. The van der Waals surface area contributed by atoms with Crippen molar-refractivity contribution < 1.29 is 4.74 Å². The van der Waals surface area contributed by atoms with E-state index >= 15 is 0 Å². The molecule has 0 N–H and O–H groups in total. The van der Waals surface area contributed by atoms with E-state index in [-0.39, 0.29) is 0 Å². The maximum atomic E-state index is 8.74. The van der Waals surface area contributed by atoms with Gasteiger partial charge in [-0.3, -0.25) is 0 Å². The molecule has 0 radical (unpaired) electrons. The molecular weight excluding hydrogens is 162 g/mol. The fraction of sp³-hybridized carbons (Fsp3) is 0.364. The minimum absolute atomic E-state index is 0.475. The molecule has 0 spiro atoms. The summed E-state index contributed by atoms with van der Waals surface area (Å²) >= 11 is 0. The third-order valence-corrected chi connectivity index (χ3v) is 2.51. The molecule has 0 saturated heterocycles. The molecule has 2 rings (SSSR count). The van der Waals surface area contributed by atoms with Crippen molar-refractivity contribution in [2.24, 2.45) is 0 Å². The normalized spacial score (nSPS) is 18.9. The number of rotatable bonds is 1. The number of nitrogens with zero attached hydrogens (tertiary/aromatic N) is 1. The summed E-state index contributed by atoms with van der Waals surface area (Å²) in [5.74, 6) is 1.43. The Hall–Kier alpha value is -1.49. The Balaban J connectivity index is 2.44. The first-order valence-electron chi connectivity index (χ1n) is 4.52. The Labute approximate surface area is 77.8 Å². The van der Waals surface area contributed by atoms with E-state index in [9.17, 15) is 0 Å². The summed E-state index contributed by atoms with van der Waals surface area (Å²) in [7, 11) is 0. The second-order valence-corrected chi connectivity index (χ2v) is 3.28. The lowest BCUT2D eigenvalue weighted by Gasteiger charge is -2.03. The lowest BCUT2D eigenvalue weighted by Crippen LogP contribution is -1.97. The molecule has 1 heterocycles. The van der Waals surface area contributed by atoms with Gasteiger partial charge in [-0.2, -0.15) is 5.26 Å². The van der Waals surface area contributed by atoms with E-state index in [1.54, 1.807) is 6.07 Å². The van der Waals surface area contributed by atoms with Gasteiger partial charge in [-0.1, -0.05) is 6.92 Å². The molecule has 1 aromatic carbocycles. The van der Waals surface area contributed by atoms with Crippen LogP contribution < -0.4 is 4.74 Å². The van der Waals surface area contributed by atoms with Gasteiger partial charge in [0.2, 0.25) is 0 Å². The molecule has 2 heteroatoms. The molecule has 0 saturated carbocycles. The molecule has 1 aliphatic rings. The van der Waals surface area contributed by atoms with E-state index in [0.29, 0.717) is 5.92 Å². The van der Waals surface area contributed by atoms with Crippen molar-refractivity contribution in [3.05, 3.63) is 29.3 Å². The lowest BCUT2D eigenvalue weighted by molar-refractivity contribution is 0.328. The molecule has 1 aromatic rings. The fourth-order valence-electron chi connectivity index (χ4n) is 1.69. The van der Waals surface area contributed by atoms with E-state index < -0.39 is 0 Å². The molecule has 1 atom stereocenters. The van der Waals surface area contributed by atoms with E-state index in [4.69, 9.17) is 10.00 Å². The molecule has 1 aliphatic heterocycles. The van der Waals surface area contributed by atoms with Gasteiger partial charge in [-0.15, -0.1) is 0 Å². The van der Waals surface area contributed by atoms with Crippen molar-refractivity contribution in [3.8, 4) is 11.8 Å². The second-order valence-electron chi connectivity index (χ2n) is 3.28. The minimum atomic E-state index is 0.475. The highest BCUT2D eigenvalue weighted by Crippen LogP contribution is 2.35. The van der Waals surface area contributed by atoms with Crippen LogP contribution in [0, 0.1) is 11.3 Å². The Bertz CT molecular complexity index is 365. The van der Waals surface area contributed by atoms with Crippen molar-refractivity contribution in [2.45, 2.75) is 19.3 Å².